The maximum Gasteiger partial charge on any atom is 0.407 e. The van der Waals surface area contributed by atoms with Crippen LogP contribution in [-0.2, 0) is 28.7 Å². The van der Waals surface area contributed by atoms with Crippen LogP contribution in [0.15, 0.2) is 36.5 Å². The van der Waals surface area contributed by atoms with Gasteiger partial charge >= 0.3 is 6.09 Å². The Morgan fingerprint density at radius 1 is 0.941 bits per heavy atom. The van der Waals surface area contributed by atoms with Gasteiger partial charge in [0.15, 0.2) is 0 Å². The minimum absolute atomic E-state index is 0.0599. The summed E-state index contributed by atoms with van der Waals surface area (Å²) in [7, 11) is 0. The van der Waals surface area contributed by atoms with E-state index in [2.05, 4.69) is 10.6 Å². The molecule has 0 aromatic heterocycles. The fraction of sp³-hybridized carbons (Fsp3) is 0.478. The minimum Gasteiger partial charge on any atom is -0.442 e. The zero-order chi connectivity index (χ0) is 24.7. The lowest BCUT2D eigenvalue weighted by Crippen LogP contribution is -2.44. The molecule has 0 aromatic carbocycles. The fourth-order valence-electron chi connectivity index (χ4n) is 3.92. The first-order chi connectivity index (χ1) is 16.2. The second kappa shape index (κ2) is 10.9. The van der Waals surface area contributed by atoms with Gasteiger partial charge in [-0.25, -0.2) is 4.79 Å². The summed E-state index contributed by atoms with van der Waals surface area (Å²) in [5.41, 5.74) is -0.663. The number of alkyl carbamates (subject to hydrolysis) is 1. The lowest BCUT2D eigenvalue weighted by Gasteiger charge is -2.30. The molecule has 0 saturated carbocycles. The van der Waals surface area contributed by atoms with Gasteiger partial charge in [0.25, 0.3) is 23.6 Å². The minimum atomic E-state index is -0.663. The summed E-state index contributed by atoms with van der Waals surface area (Å²) in [4.78, 5) is 73.1. The van der Waals surface area contributed by atoms with Crippen LogP contribution in [0.5, 0.6) is 0 Å². The molecule has 2 unspecified atom stereocenters. The molecule has 2 heterocycles. The van der Waals surface area contributed by atoms with E-state index in [1.807, 2.05) is 6.92 Å². The zero-order valence-electron chi connectivity index (χ0n) is 19.0. The first kappa shape index (κ1) is 24.9. The normalized spacial score (nSPS) is 24.4. The van der Waals surface area contributed by atoms with Gasteiger partial charge in [-0.15, -0.1) is 0 Å². The molecule has 0 radical (unpaired) electrons. The highest BCUT2D eigenvalue weighted by molar-refractivity contribution is 6.13. The van der Waals surface area contributed by atoms with Gasteiger partial charge in [-0.1, -0.05) is 13.0 Å². The molecule has 0 spiro atoms. The summed E-state index contributed by atoms with van der Waals surface area (Å²) >= 11 is 0. The maximum atomic E-state index is 12.8. The first-order valence-electron chi connectivity index (χ1n) is 11.2. The van der Waals surface area contributed by atoms with Crippen LogP contribution in [0.2, 0.25) is 0 Å². The Balaban J connectivity index is 1.39. The van der Waals surface area contributed by atoms with Gasteiger partial charge < -0.3 is 15.4 Å². The van der Waals surface area contributed by atoms with Gasteiger partial charge in [-0.05, 0) is 31.8 Å². The second-order valence-electron chi connectivity index (χ2n) is 8.53. The van der Waals surface area contributed by atoms with Gasteiger partial charge in [-0.2, -0.15) is 0 Å². The number of nitrogens with one attached hydrogen (secondary N) is 2. The van der Waals surface area contributed by atoms with Crippen molar-refractivity contribution in [1.29, 1.82) is 0 Å². The third kappa shape index (κ3) is 6.18. The molecular weight excluding hydrogens is 444 g/mol. The van der Waals surface area contributed by atoms with E-state index < -0.39 is 29.4 Å². The molecule has 3 rings (SSSR count). The number of ether oxygens (including phenoxy) is 1. The van der Waals surface area contributed by atoms with Crippen LogP contribution < -0.4 is 10.6 Å². The van der Waals surface area contributed by atoms with E-state index in [1.165, 1.54) is 24.3 Å². The summed E-state index contributed by atoms with van der Waals surface area (Å²) in [5.74, 6) is -1.76. The summed E-state index contributed by atoms with van der Waals surface area (Å²) in [6, 6.07) is 0. The highest BCUT2D eigenvalue weighted by Gasteiger charge is 2.33. The molecule has 2 atom stereocenters. The fourth-order valence-corrected chi connectivity index (χ4v) is 3.92. The summed E-state index contributed by atoms with van der Waals surface area (Å²) in [5, 5.41) is 5.34. The number of imide groups is 2. The van der Waals surface area contributed by atoms with Crippen molar-refractivity contribution in [3.63, 3.8) is 0 Å². The van der Waals surface area contributed by atoms with Crippen LogP contribution in [0.1, 0.15) is 32.6 Å². The van der Waals surface area contributed by atoms with Crippen molar-refractivity contribution < 1.29 is 33.5 Å². The Bertz CT molecular complexity index is 934. The van der Waals surface area contributed by atoms with Crippen molar-refractivity contribution in [2.75, 3.05) is 26.2 Å². The summed E-state index contributed by atoms with van der Waals surface area (Å²) in [6.07, 6.45) is 9.40. The van der Waals surface area contributed by atoms with Crippen molar-refractivity contribution in [2.45, 2.75) is 38.7 Å². The monoisotopic (exact) mass is 472 g/mol. The quantitative estimate of drug-likeness (QED) is 0.379. The molecule has 11 heteroatoms. The van der Waals surface area contributed by atoms with Crippen molar-refractivity contribution >= 4 is 35.6 Å². The Hall–Kier alpha value is -3.76. The molecule has 2 aliphatic heterocycles. The Labute approximate surface area is 196 Å². The predicted octanol–water partition coefficient (Wildman–Crippen LogP) is 0.184. The molecule has 1 aliphatic carbocycles. The summed E-state index contributed by atoms with van der Waals surface area (Å²) < 4.78 is 5.40. The highest BCUT2D eigenvalue weighted by atomic mass is 16.6. The van der Waals surface area contributed by atoms with Crippen LogP contribution in [0.3, 0.4) is 0 Å². The van der Waals surface area contributed by atoms with Crippen LogP contribution in [-0.4, -0.2) is 77.7 Å². The molecule has 0 bridgehead atoms. The number of nitrogens with zero attached hydrogens (tertiary/aromatic N) is 2. The number of amides is 6. The smallest absolute Gasteiger partial charge is 0.407 e. The Morgan fingerprint density at radius 2 is 1.47 bits per heavy atom. The van der Waals surface area contributed by atoms with Crippen LogP contribution in [0, 0.1) is 5.41 Å². The number of carbonyl (C=O) groups is 6. The largest absolute Gasteiger partial charge is 0.442 e. The molecule has 34 heavy (non-hydrogen) atoms. The first-order valence-corrected chi connectivity index (χ1v) is 11.2. The molecule has 2 N–H and O–H groups in total. The van der Waals surface area contributed by atoms with Gasteiger partial charge in [0.05, 0.1) is 0 Å². The second-order valence-corrected chi connectivity index (χ2v) is 8.53. The molecule has 182 valence electrons. The number of hydrogen-bond donors (Lipinski definition) is 2. The van der Waals surface area contributed by atoms with Crippen LogP contribution >= 0.6 is 0 Å². The molecule has 3 aliphatic rings. The number of rotatable bonds is 8. The molecule has 0 fully saturated rings. The van der Waals surface area contributed by atoms with E-state index in [0.717, 1.165) is 9.80 Å². The third-order valence-electron chi connectivity index (χ3n) is 5.97. The van der Waals surface area contributed by atoms with Crippen molar-refractivity contribution in [3.8, 4) is 0 Å². The Kier molecular flexibility index (Phi) is 7.98. The van der Waals surface area contributed by atoms with E-state index >= 15 is 0 Å². The summed E-state index contributed by atoms with van der Waals surface area (Å²) in [6.45, 7) is 2.28. The van der Waals surface area contributed by atoms with E-state index in [1.54, 1.807) is 12.2 Å². The molecule has 6 amide bonds. The van der Waals surface area contributed by atoms with Crippen molar-refractivity contribution in [3.05, 3.63) is 36.5 Å². The zero-order valence-corrected chi connectivity index (χ0v) is 19.0. The molecule has 11 nitrogen and oxygen atoms in total. The van der Waals surface area contributed by atoms with Crippen LogP contribution in [0.4, 0.5) is 4.79 Å². The predicted molar refractivity (Wildman–Crippen MR) is 119 cm³/mol. The van der Waals surface area contributed by atoms with Crippen molar-refractivity contribution in [1.82, 2.24) is 20.4 Å². The van der Waals surface area contributed by atoms with Gasteiger partial charge in [0, 0.05) is 55.9 Å². The number of carbonyl (C=O) groups excluding carboxylic acids is 6. The van der Waals surface area contributed by atoms with E-state index in [-0.39, 0.29) is 43.9 Å². The van der Waals surface area contributed by atoms with Gasteiger partial charge in [0.1, 0.15) is 6.10 Å². The molecule has 0 saturated heterocycles. The maximum absolute atomic E-state index is 12.8. The average Bonchev–Trinajstić information content (AvgIpc) is 3.27. The van der Waals surface area contributed by atoms with E-state index in [9.17, 15) is 28.8 Å². The van der Waals surface area contributed by atoms with Gasteiger partial charge in [0.2, 0.25) is 5.91 Å². The lowest BCUT2D eigenvalue weighted by molar-refractivity contribution is -0.138. The molecule has 0 aromatic rings. The topological polar surface area (TPSA) is 142 Å². The third-order valence-corrected chi connectivity index (χ3v) is 5.97. The van der Waals surface area contributed by atoms with E-state index in [4.69, 9.17) is 4.74 Å². The number of allylic oxidation sites excluding steroid dienone is 1. The average molecular weight is 472 g/mol. The number of hydrogen-bond acceptors (Lipinski definition) is 7. The van der Waals surface area contributed by atoms with E-state index in [0.29, 0.717) is 25.7 Å². The highest BCUT2D eigenvalue weighted by Crippen LogP contribution is 2.32. The van der Waals surface area contributed by atoms with Crippen molar-refractivity contribution in [2.24, 2.45) is 5.41 Å². The van der Waals surface area contributed by atoms with Crippen LogP contribution in [0.25, 0.3) is 0 Å². The molecular formula is C23H28N4O7. The SMILES string of the molecule is CC1(C(=O)NCCN2C(=O)C=CC2=O)CC=CC(OC(=O)NCCN2C(=O)C=CC2=O)CCC1. The van der Waals surface area contributed by atoms with Gasteiger partial charge in [-0.3, -0.25) is 33.8 Å². The lowest BCUT2D eigenvalue weighted by atomic mass is 9.79. The standard InChI is InChI=1S/C23H28N4O7/c1-23(21(32)24-12-14-26-17(28)6-7-18(26)29)10-2-4-16(5-3-11-23)34-22(33)25-13-15-27-19(30)8-9-20(27)31/h2,4,6-9,16H,3,5,10-15H2,1H3,(H,24,32)(H,25,33). The Morgan fingerprint density at radius 3 is 2.03 bits per heavy atom.